The van der Waals surface area contributed by atoms with Gasteiger partial charge in [-0.05, 0) is 12.1 Å². The molecule has 2 N–H and O–H groups in total. The van der Waals surface area contributed by atoms with E-state index in [1.54, 1.807) is 12.1 Å². The van der Waals surface area contributed by atoms with E-state index in [1.165, 1.54) is 13.0 Å². The molecule has 0 bridgehead atoms. The third-order valence-corrected chi connectivity index (χ3v) is 2.52. The van der Waals surface area contributed by atoms with Gasteiger partial charge in [0.1, 0.15) is 5.69 Å². The molecular weight excluding hydrogens is 274 g/mol. The Balaban J connectivity index is 1.95. The van der Waals surface area contributed by atoms with Crippen LogP contribution in [0.1, 0.15) is 17.4 Å². The number of rotatable bonds is 3. The van der Waals surface area contributed by atoms with Crippen molar-refractivity contribution >= 4 is 28.7 Å². The first-order valence-corrected chi connectivity index (χ1v) is 6.14. The number of aromatic nitrogens is 1. The van der Waals surface area contributed by atoms with Crippen molar-refractivity contribution in [2.75, 3.05) is 6.61 Å². The first kappa shape index (κ1) is 14.4. The van der Waals surface area contributed by atoms with E-state index in [9.17, 15) is 14.4 Å². The van der Waals surface area contributed by atoms with Crippen LogP contribution in [0.4, 0.5) is 0 Å². The maximum Gasteiger partial charge on any atom is 0.357 e. The van der Waals surface area contributed by atoms with Crippen molar-refractivity contribution in [3.05, 3.63) is 42.1 Å². The molecule has 0 aliphatic rings. The summed E-state index contributed by atoms with van der Waals surface area (Å²) in [5, 5.41) is 0.900. The highest BCUT2D eigenvalue weighted by Crippen LogP contribution is 2.12. The summed E-state index contributed by atoms with van der Waals surface area (Å²) >= 11 is 0. The number of hydrogen-bond acceptors (Lipinski definition) is 5. The van der Waals surface area contributed by atoms with Gasteiger partial charge in [0.05, 0.1) is 5.52 Å². The van der Waals surface area contributed by atoms with Gasteiger partial charge in [-0.25, -0.2) is 9.78 Å². The first-order valence-electron chi connectivity index (χ1n) is 6.14. The number of benzene rings is 1. The number of carbonyl (C=O) groups is 3. The Hall–Kier alpha value is -2.96. The van der Waals surface area contributed by atoms with Gasteiger partial charge in [0.2, 0.25) is 5.91 Å². The molecule has 1 aromatic carbocycles. The van der Waals surface area contributed by atoms with Gasteiger partial charge in [0.15, 0.2) is 6.61 Å². The van der Waals surface area contributed by atoms with Crippen LogP contribution in [-0.2, 0) is 14.3 Å². The molecular formula is C14H13N3O4. The van der Waals surface area contributed by atoms with Crippen molar-refractivity contribution < 1.29 is 19.1 Å². The zero-order valence-electron chi connectivity index (χ0n) is 11.3. The zero-order valence-corrected chi connectivity index (χ0v) is 11.3. The summed E-state index contributed by atoms with van der Waals surface area (Å²) < 4.78 is 4.81. The number of amides is 2. The molecule has 0 atom stereocenters. The number of ether oxygens (including phenoxy) is 1. The normalized spacial score (nSPS) is 9.95. The van der Waals surface area contributed by atoms with E-state index in [-0.39, 0.29) is 5.69 Å². The fourth-order valence-electron chi connectivity index (χ4n) is 1.58. The van der Waals surface area contributed by atoms with Crippen LogP contribution in [0.15, 0.2) is 36.4 Å². The Morgan fingerprint density at radius 2 is 1.86 bits per heavy atom. The minimum absolute atomic E-state index is 0.112. The molecule has 1 heterocycles. The lowest BCUT2D eigenvalue weighted by molar-refractivity contribution is -0.129. The molecule has 0 unspecified atom stereocenters. The molecule has 2 aromatic rings. The molecule has 21 heavy (non-hydrogen) atoms. The van der Waals surface area contributed by atoms with Crippen LogP contribution in [0.25, 0.3) is 10.9 Å². The van der Waals surface area contributed by atoms with Gasteiger partial charge in [-0.3, -0.25) is 20.4 Å². The number of nitrogens with one attached hydrogen (secondary N) is 2. The molecule has 0 aliphatic carbocycles. The summed E-state index contributed by atoms with van der Waals surface area (Å²) in [7, 11) is 0. The molecule has 0 fully saturated rings. The third-order valence-electron chi connectivity index (χ3n) is 2.52. The summed E-state index contributed by atoms with van der Waals surface area (Å²) in [6, 6.07) is 10.6. The van der Waals surface area contributed by atoms with Crippen molar-refractivity contribution in [1.29, 1.82) is 0 Å². The quantitative estimate of drug-likeness (QED) is 0.635. The van der Waals surface area contributed by atoms with Crippen molar-refractivity contribution in [1.82, 2.24) is 15.8 Å². The highest BCUT2D eigenvalue weighted by Gasteiger charge is 2.12. The molecule has 108 valence electrons. The van der Waals surface area contributed by atoms with Gasteiger partial charge >= 0.3 is 5.97 Å². The van der Waals surface area contributed by atoms with Crippen LogP contribution < -0.4 is 10.9 Å². The van der Waals surface area contributed by atoms with Gasteiger partial charge in [0, 0.05) is 12.3 Å². The molecule has 0 aliphatic heterocycles. The average molecular weight is 287 g/mol. The molecule has 1 aromatic heterocycles. The topological polar surface area (TPSA) is 97.4 Å². The summed E-state index contributed by atoms with van der Waals surface area (Å²) in [6.07, 6.45) is 0. The Labute approximate surface area is 120 Å². The van der Waals surface area contributed by atoms with Crippen molar-refractivity contribution in [2.45, 2.75) is 6.92 Å². The third kappa shape index (κ3) is 4.00. The highest BCUT2D eigenvalue weighted by atomic mass is 16.5. The van der Waals surface area contributed by atoms with E-state index >= 15 is 0 Å². The summed E-state index contributed by atoms with van der Waals surface area (Å²) in [5.41, 5.74) is 4.94. The molecule has 0 spiro atoms. The minimum atomic E-state index is -0.710. The van der Waals surface area contributed by atoms with Gasteiger partial charge in [-0.15, -0.1) is 0 Å². The first-order chi connectivity index (χ1) is 10.1. The molecule has 2 amide bonds. The predicted octanol–water partition coefficient (Wildman–Crippen LogP) is 0.559. The Bertz CT molecular complexity index is 699. The second-order valence-electron chi connectivity index (χ2n) is 4.19. The summed E-state index contributed by atoms with van der Waals surface area (Å²) in [5.74, 6) is -1.77. The van der Waals surface area contributed by atoms with Crippen molar-refractivity contribution in [3.8, 4) is 0 Å². The fraction of sp³-hybridized carbons (Fsp3) is 0.143. The predicted molar refractivity (Wildman–Crippen MR) is 74.0 cm³/mol. The molecule has 0 saturated carbocycles. The Kier molecular flexibility index (Phi) is 4.45. The maximum absolute atomic E-state index is 11.8. The largest absolute Gasteiger partial charge is 0.451 e. The maximum atomic E-state index is 11.8. The lowest BCUT2D eigenvalue weighted by Gasteiger charge is -2.06. The lowest BCUT2D eigenvalue weighted by atomic mass is 10.2. The summed E-state index contributed by atoms with van der Waals surface area (Å²) in [6.45, 7) is 0.735. The van der Waals surface area contributed by atoms with E-state index in [0.717, 1.165) is 5.39 Å². The van der Waals surface area contributed by atoms with E-state index in [0.29, 0.717) is 5.52 Å². The second-order valence-corrected chi connectivity index (χ2v) is 4.19. The lowest BCUT2D eigenvalue weighted by Crippen LogP contribution is -2.42. The molecule has 0 saturated heterocycles. The van der Waals surface area contributed by atoms with Crippen LogP contribution in [0.3, 0.4) is 0 Å². The average Bonchev–Trinajstić information content (AvgIpc) is 2.50. The number of hydrazine groups is 1. The van der Waals surface area contributed by atoms with Gasteiger partial charge in [0.25, 0.3) is 5.91 Å². The van der Waals surface area contributed by atoms with Crippen LogP contribution in [0, 0.1) is 0 Å². The van der Waals surface area contributed by atoms with Crippen molar-refractivity contribution in [2.24, 2.45) is 0 Å². The van der Waals surface area contributed by atoms with E-state index in [2.05, 4.69) is 15.8 Å². The number of pyridine rings is 1. The molecule has 0 radical (unpaired) electrons. The molecule has 7 heteroatoms. The Morgan fingerprint density at radius 1 is 1.10 bits per heavy atom. The molecule has 7 nitrogen and oxygen atoms in total. The van der Waals surface area contributed by atoms with Gasteiger partial charge < -0.3 is 4.74 Å². The molecule has 2 rings (SSSR count). The number of para-hydroxylation sites is 1. The van der Waals surface area contributed by atoms with E-state index in [4.69, 9.17) is 4.74 Å². The number of esters is 1. The van der Waals surface area contributed by atoms with E-state index < -0.39 is 24.4 Å². The number of fused-ring (bicyclic) bond motifs is 1. The van der Waals surface area contributed by atoms with Crippen LogP contribution in [0.2, 0.25) is 0 Å². The smallest absolute Gasteiger partial charge is 0.357 e. The number of nitrogens with zero attached hydrogens (tertiary/aromatic N) is 1. The van der Waals surface area contributed by atoms with Gasteiger partial charge in [-0.1, -0.05) is 24.3 Å². The van der Waals surface area contributed by atoms with Crippen LogP contribution in [-0.4, -0.2) is 29.4 Å². The van der Waals surface area contributed by atoms with Crippen LogP contribution >= 0.6 is 0 Å². The van der Waals surface area contributed by atoms with Crippen molar-refractivity contribution in [3.63, 3.8) is 0 Å². The van der Waals surface area contributed by atoms with Crippen LogP contribution in [0.5, 0.6) is 0 Å². The standard InChI is InChI=1S/C14H13N3O4/c1-9(18)16-17-13(19)8-21-14(20)12-7-6-10-4-2-3-5-11(10)15-12/h2-7H,8H2,1H3,(H,16,18)(H,17,19). The Morgan fingerprint density at radius 3 is 2.62 bits per heavy atom. The van der Waals surface area contributed by atoms with E-state index in [1.807, 2.05) is 18.2 Å². The number of carbonyl (C=O) groups excluding carboxylic acids is 3. The number of hydrogen-bond donors (Lipinski definition) is 2. The summed E-state index contributed by atoms with van der Waals surface area (Å²) in [4.78, 5) is 37.8. The SMILES string of the molecule is CC(=O)NNC(=O)COC(=O)c1ccc2ccccc2n1. The fourth-order valence-corrected chi connectivity index (χ4v) is 1.58. The highest BCUT2D eigenvalue weighted by molar-refractivity contribution is 5.92. The second kappa shape index (κ2) is 6.47. The minimum Gasteiger partial charge on any atom is -0.451 e. The van der Waals surface area contributed by atoms with Gasteiger partial charge in [-0.2, -0.15) is 0 Å². The monoisotopic (exact) mass is 287 g/mol. The zero-order chi connectivity index (χ0) is 15.2.